The standard InChI is InChI=1S/C22H19F2N5O3S/c1-28-22(5-4-10-6-14(10)22)25-20(32)17-19(31)18(30)13(9-29(17)28)21-27-26-16(33-21)7-11-2-3-12(23)8-15(11)24/h2-3,8-10,14,31H,4-7H2,1H3,(H,25,32)/t10-,14+,22?/m1/s1. The van der Waals surface area contributed by atoms with Gasteiger partial charge in [0.1, 0.15) is 22.3 Å². The van der Waals surface area contributed by atoms with E-state index in [1.165, 1.54) is 23.0 Å². The smallest absolute Gasteiger partial charge is 0.275 e. The monoisotopic (exact) mass is 471 g/mol. The summed E-state index contributed by atoms with van der Waals surface area (Å²) in [5.41, 5.74) is -1.03. The van der Waals surface area contributed by atoms with Gasteiger partial charge in [-0.05, 0) is 36.8 Å². The van der Waals surface area contributed by atoms with Gasteiger partial charge in [0.05, 0.1) is 5.56 Å². The fourth-order valence-corrected chi connectivity index (χ4v) is 6.15. The average molecular weight is 471 g/mol. The van der Waals surface area contributed by atoms with Crippen LogP contribution in [0.5, 0.6) is 5.75 Å². The average Bonchev–Trinajstić information content (AvgIpc) is 3.29. The quantitative estimate of drug-likeness (QED) is 0.609. The van der Waals surface area contributed by atoms with Gasteiger partial charge in [0.25, 0.3) is 5.91 Å². The summed E-state index contributed by atoms with van der Waals surface area (Å²) in [7, 11) is 1.83. The lowest BCUT2D eigenvalue weighted by Gasteiger charge is -2.47. The molecule has 2 aromatic heterocycles. The second-order valence-corrected chi connectivity index (χ2v) is 9.93. The molecule has 2 N–H and O–H groups in total. The molecule has 3 aliphatic rings. The Morgan fingerprint density at radius 1 is 1.30 bits per heavy atom. The molecule has 0 bridgehead atoms. The summed E-state index contributed by atoms with van der Waals surface area (Å²) in [6, 6.07) is 3.30. The first-order chi connectivity index (χ1) is 15.8. The summed E-state index contributed by atoms with van der Waals surface area (Å²) in [5, 5.41) is 24.3. The highest BCUT2D eigenvalue weighted by Crippen LogP contribution is 2.58. The van der Waals surface area contributed by atoms with E-state index < -0.39 is 34.4 Å². The molecule has 2 aliphatic carbocycles. The van der Waals surface area contributed by atoms with Crippen LogP contribution in [0.3, 0.4) is 0 Å². The normalized spacial score (nSPS) is 25.2. The third-order valence-electron chi connectivity index (χ3n) is 7.10. The molecule has 1 aromatic carbocycles. The van der Waals surface area contributed by atoms with Crippen LogP contribution in [0.25, 0.3) is 10.6 Å². The third-order valence-corrected chi connectivity index (χ3v) is 8.05. The molecule has 11 heteroatoms. The minimum absolute atomic E-state index is 0.0799. The van der Waals surface area contributed by atoms with Crippen molar-refractivity contribution in [3.05, 3.63) is 62.5 Å². The number of rotatable bonds is 3. The van der Waals surface area contributed by atoms with Gasteiger partial charge in [-0.15, -0.1) is 10.2 Å². The number of nitrogens with one attached hydrogen (secondary N) is 1. The predicted molar refractivity (Wildman–Crippen MR) is 116 cm³/mol. The fraction of sp³-hybridized carbons (Fsp3) is 0.364. The molecule has 33 heavy (non-hydrogen) atoms. The third kappa shape index (κ3) is 2.91. The summed E-state index contributed by atoms with van der Waals surface area (Å²) >= 11 is 1.08. The Balaban J connectivity index is 1.39. The van der Waals surface area contributed by atoms with Crippen molar-refractivity contribution >= 4 is 17.2 Å². The van der Waals surface area contributed by atoms with Gasteiger partial charge >= 0.3 is 0 Å². The van der Waals surface area contributed by atoms with E-state index in [1.807, 2.05) is 12.1 Å². The Labute approximate surface area is 190 Å². The van der Waals surface area contributed by atoms with Gasteiger partial charge in [-0.25, -0.2) is 8.78 Å². The molecule has 3 aromatic rings. The van der Waals surface area contributed by atoms with Gasteiger partial charge in [0, 0.05) is 31.6 Å². The first kappa shape index (κ1) is 20.3. The second-order valence-electron chi connectivity index (χ2n) is 8.87. The van der Waals surface area contributed by atoms with E-state index in [0.29, 0.717) is 16.8 Å². The van der Waals surface area contributed by atoms with E-state index in [2.05, 4.69) is 15.5 Å². The molecule has 170 valence electrons. The number of pyridine rings is 1. The van der Waals surface area contributed by atoms with Crippen molar-refractivity contribution < 1.29 is 18.7 Å². The lowest BCUT2D eigenvalue weighted by molar-refractivity contribution is 0.0804. The molecule has 3 atom stereocenters. The van der Waals surface area contributed by atoms with Gasteiger partial charge in [-0.2, -0.15) is 0 Å². The van der Waals surface area contributed by atoms with Crippen LogP contribution in [0.2, 0.25) is 0 Å². The van der Waals surface area contributed by atoms with Gasteiger partial charge in [0.15, 0.2) is 16.5 Å². The summed E-state index contributed by atoms with van der Waals surface area (Å²) in [4.78, 5) is 25.8. The molecule has 3 heterocycles. The second kappa shape index (κ2) is 6.83. The van der Waals surface area contributed by atoms with Crippen molar-refractivity contribution in [2.24, 2.45) is 11.8 Å². The molecule has 8 nitrogen and oxygen atoms in total. The highest BCUT2D eigenvalue weighted by atomic mass is 32.1. The zero-order chi connectivity index (χ0) is 23.1. The number of halogens is 2. The Morgan fingerprint density at radius 3 is 2.82 bits per heavy atom. The Morgan fingerprint density at radius 2 is 2.12 bits per heavy atom. The summed E-state index contributed by atoms with van der Waals surface area (Å²) in [5.74, 6) is -1.57. The predicted octanol–water partition coefficient (Wildman–Crippen LogP) is 2.38. The molecule has 0 radical (unpaired) electrons. The number of hydrogen-bond acceptors (Lipinski definition) is 7. The minimum atomic E-state index is -0.730. The topological polar surface area (TPSA) is 100 Å². The zero-order valence-electron chi connectivity index (χ0n) is 17.5. The summed E-state index contributed by atoms with van der Waals surface area (Å²) < 4.78 is 28.7. The van der Waals surface area contributed by atoms with Crippen LogP contribution >= 0.6 is 11.3 Å². The Kier molecular flexibility index (Phi) is 4.20. The number of hydrogen-bond donors (Lipinski definition) is 2. The number of carbonyl (C=O) groups excluding carboxylic acids is 1. The molecule has 1 spiro atoms. The number of aromatic nitrogens is 3. The molecule has 0 saturated heterocycles. The van der Waals surface area contributed by atoms with Crippen molar-refractivity contribution in [2.75, 3.05) is 12.1 Å². The SMILES string of the molecule is CN1n2cc(-c3nnc(Cc4ccc(F)cc4F)s3)c(=O)c(O)c2C(=O)NC12CC[C@@H]1C[C@@H]12. The van der Waals surface area contributed by atoms with E-state index in [1.54, 1.807) is 0 Å². The molecule has 1 amide bonds. The van der Waals surface area contributed by atoms with Crippen LogP contribution in [-0.4, -0.2) is 38.6 Å². The first-order valence-electron chi connectivity index (χ1n) is 10.6. The first-order valence-corrected chi connectivity index (χ1v) is 11.4. The number of fused-ring (bicyclic) bond motifs is 3. The van der Waals surface area contributed by atoms with Crippen LogP contribution in [-0.2, 0) is 6.42 Å². The van der Waals surface area contributed by atoms with E-state index in [-0.39, 0.29) is 28.2 Å². The number of carbonyl (C=O) groups is 1. The molecular weight excluding hydrogens is 452 g/mol. The van der Waals surface area contributed by atoms with Crippen molar-refractivity contribution in [2.45, 2.75) is 31.3 Å². The van der Waals surface area contributed by atoms with Crippen molar-refractivity contribution in [1.82, 2.24) is 20.2 Å². The minimum Gasteiger partial charge on any atom is -0.502 e. The van der Waals surface area contributed by atoms with E-state index in [0.717, 1.165) is 36.7 Å². The Hall–Kier alpha value is -3.34. The molecule has 2 saturated carbocycles. The Bertz CT molecular complexity index is 1390. The maximum atomic E-state index is 14.0. The maximum absolute atomic E-state index is 14.0. The van der Waals surface area contributed by atoms with E-state index in [9.17, 15) is 23.5 Å². The highest BCUT2D eigenvalue weighted by Gasteiger charge is 2.62. The largest absolute Gasteiger partial charge is 0.502 e. The van der Waals surface area contributed by atoms with Crippen molar-refractivity contribution in [1.29, 1.82) is 0 Å². The zero-order valence-corrected chi connectivity index (χ0v) is 18.3. The maximum Gasteiger partial charge on any atom is 0.275 e. The summed E-state index contributed by atoms with van der Waals surface area (Å²) in [6.07, 6.45) is 4.44. The van der Waals surface area contributed by atoms with Gasteiger partial charge in [0.2, 0.25) is 5.43 Å². The molecule has 1 unspecified atom stereocenters. The lowest BCUT2D eigenvalue weighted by atomic mass is 10.0. The molecule has 2 fully saturated rings. The molecule has 1 aliphatic heterocycles. The van der Waals surface area contributed by atoms with Gasteiger partial charge < -0.3 is 10.4 Å². The fourth-order valence-electron chi connectivity index (χ4n) is 5.28. The van der Waals surface area contributed by atoms with Crippen LogP contribution < -0.4 is 15.8 Å². The van der Waals surface area contributed by atoms with Crippen LogP contribution in [0.1, 0.15) is 40.3 Å². The van der Waals surface area contributed by atoms with Crippen molar-refractivity contribution in [3.63, 3.8) is 0 Å². The number of amides is 1. The van der Waals surface area contributed by atoms with Crippen LogP contribution in [0, 0.1) is 23.5 Å². The van der Waals surface area contributed by atoms with Crippen LogP contribution in [0.4, 0.5) is 8.78 Å². The molecular formula is C22H19F2N5O3S. The number of nitrogens with zero attached hydrogens (tertiary/aromatic N) is 4. The van der Waals surface area contributed by atoms with Gasteiger partial charge in [-0.3, -0.25) is 19.3 Å². The molecule has 6 rings (SSSR count). The van der Waals surface area contributed by atoms with Crippen LogP contribution in [0.15, 0.2) is 29.2 Å². The van der Waals surface area contributed by atoms with E-state index in [4.69, 9.17) is 0 Å². The number of benzene rings is 1. The van der Waals surface area contributed by atoms with E-state index >= 15 is 0 Å². The van der Waals surface area contributed by atoms with Gasteiger partial charge in [-0.1, -0.05) is 17.4 Å². The highest BCUT2D eigenvalue weighted by molar-refractivity contribution is 7.14. The number of aromatic hydroxyl groups is 1. The summed E-state index contributed by atoms with van der Waals surface area (Å²) in [6.45, 7) is 0. The van der Waals surface area contributed by atoms with Crippen molar-refractivity contribution in [3.8, 4) is 16.3 Å². The lowest BCUT2D eigenvalue weighted by Crippen LogP contribution is -2.68.